The molecule has 0 amide bonds. The lowest BCUT2D eigenvalue weighted by Gasteiger charge is -2.07. The van der Waals surface area contributed by atoms with E-state index in [1.807, 2.05) is 44.2 Å². The largest absolute Gasteiger partial charge is 0.282 e. The number of aliphatic imine (C=N–C) groups is 1. The third-order valence-corrected chi connectivity index (χ3v) is 2.37. The molecule has 1 aromatic rings. The monoisotopic (exact) mass is 212 g/mol. The summed E-state index contributed by atoms with van der Waals surface area (Å²) in [6.07, 6.45) is 3.93. The molecule has 0 aliphatic carbocycles. The molecule has 0 bridgehead atoms. The van der Waals surface area contributed by atoms with Crippen LogP contribution in [0.5, 0.6) is 0 Å². The van der Waals surface area contributed by atoms with Gasteiger partial charge in [-0.15, -0.1) is 0 Å². The molecule has 1 aromatic carbocycles. The van der Waals surface area contributed by atoms with Crippen molar-refractivity contribution in [3.05, 3.63) is 53.6 Å². The molecule has 0 radical (unpaired) electrons. The van der Waals surface area contributed by atoms with E-state index in [1.165, 1.54) is 0 Å². The van der Waals surface area contributed by atoms with Crippen LogP contribution < -0.4 is 0 Å². The predicted molar refractivity (Wildman–Crippen MR) is 71.4 cm³/mol. The fraction of sp³-hybridized carbons (Fsp3) is 0.143. The van der Waals surface area contributed by atoms with Gasteiger partial charge in [0, 0.05) is 5.56 Å². The van der Waals surface area contributed by atoms with Crippen LogP contribution in [0, 0.1) is 12.3 Å². The molecule has 0 atom stereocenters. The van der Waals surface area contributed by atoms with Crippen molar-refractivity contribution in [2.75, 3.05) is 0 Å². The summed E-state index contributed by atoms with van der Waals surface area (Å²) in [5.74, 6) is 0.200. The van der Waals surface area contributed by atoms with Gasteiger partial charge in [-0.2, -0.15) is 0 Å². The van der Waals surface area contributed by atoms with Gasteiger partial charge in [-0.25, -0.2) is 4.99 Å². The zero-order valence-electron chi connectivity index (χ0n) is 9.75. The molecular weight excluding hydrogens is 196 g/mol. The van der Waals surface area contributed by atoms with Crippen LogP contribution in [0.3, 0.4) is 0 Å². The second-order valence-corrected chi connectivity index (χ2v) is 3.56. The van der Waals surface area contributed by atoms with Crippen LogP contribution in [0.4, 0.5) is 0 Å². The SMILES string of the molecule is C=NC(=N)c1ccc(C(=C)/C=C\C)c(C)c1. The molecule has 16 heavy (non-hydrogen) atoms. The highest BCUT2D eigenvalue weighted by molar-refractivity contribution is 5.99. The first-order chi connectivity index (χ1) is 7.60. The normalized spacial score (nSPS) is 10.4. The van der Waals surface area contributed by atoms with E-state index >= 15 is 0 Å². The molecule has 1 rings (SSSR count). The average molecular weight is 212 g/mol. The van der Waals surface area contributed by atoms with Crippen molar-refractivity contribution in [2.45, 2.75) is 13.8 Å². The number of hydrogen-bond acceptors (Lipinski definition) is 1. The molecule has 0 aliphatic rings. The van der Waals surface area contributed by atoms with Crippen LogP contribution >= 0.6 is 0 Å². The Labute approximate surface area is 96.6 Å². The van der Waals surface area contributed by atoms with Crippen molar-refractivity contribution in [1.29, 1.82) is 5.41 Å². The number of allylic oxidation sites excluding steroid dienone is 3. The van der Waals surface area contributed by atoms with Gasteiger partial charge >= 0.3 is 0 Å². The van der Waals surface area contributed by atoms with Crippen molar-refractivity contribution in [2.24, 2.45) is 4.99 Å². The standard InChI is InChI=1S/C14H16N2/c1-5-6-10(2)13-8-7-12(9-11(13)3)14(15)16-4/h5-9,15H,2,4H2,1,3H3/b6-5-,15-14?. The van der Waals surface area contributed by atoms with Gasteiger partial charge in [-0.05, 0) is 43.3 Å². The highest BCUT2D eigenvalue weighted by Crippen LogP contribution is 2.20. The minimum Gasteiger partial charge on any atom is -0.282 e. The number of benzene rings is 1. The summed E-state index contributed by atoms with van der Waals surface area (Å²) in [5, 5.41) is 7.57. The van der Waals surface area contributed by atoms with Crippen LogP contribution in [-0.2, 0) is 0 Å². The summed E-state index contributed by atoms with van der Waals surface area (Å²) in [6.45, 7) is 11.3. The number of aryl methyl sites for hydroxylation is 1. The predicted octanol–water partition coefficient (Wildman–Crippen LogP) is 3.61. The molecule has 0 spiro atoms. The average Bonchev–Trinajstić information content (AvgIpc) is 2.28. The van der Waals surface area contributed by atoms with E-state index in [0.717, 1.165) is 22.3 Å². The summed E-state index contributed by atoms with van der Waals surface area (Å²) < 4.78 is 0. The Morgan fingerprint density at radius 1 is 1.44 bits per heavy atom. The first-order valence-corrected chi connectivity index (χ1v) is 5.08. The van der Waals surface area contributed by atoms with Crippen LogP contribution in [0.1, 0.15) is 23.6 Å². The minimum atomic E-state index is 0.200. The van der Waals surface area contributed by atoms with Crippen molar-refractivity contribution >= 4 is 18.1 Å². The Balaban J connectivity index is 3.14. The maximum absolute atomic E-state index is 7.57. The summed E-state index contributed by atoms with van der Waals surface area (Å²) in [6, 6.07) is 5.77. The van der Waals surface area contributed by atoms with Crippen molar-refractivity contribution < 1.29 is 0 Å². The number of amidine groups is 1. The molecule has 0 aromatic heterocycles. The van der Waals surface area contributed by atoms with Crippen molar-refractivity contribution in [3.8, 4) is 0 Å². The van der Waals surface area contributed by atoms with E-state index in [9.17, 15) is 0 Å². The van der Waals surface area contributed by atoms with E-state index < -0.39 is 0 Å². The molecule has 0 unspecified atom stereocenters. The quantitative estimate of drug-likeness (QED) is 0.451. The topological polar surface area (TPSA) is 36.2 Å². The Morgan fingerprint density at radius 2 is 2.12 bits per heavy atom. The highest BCUT2D eigenvalue weighted by Gasteiger charge is 2.04. The Morgan fingerprint density at radius 3 is 2.62 bits per heavy atom. The summed E-state index contributed by atoms with van der Waals surface area (Å²) >= 11 is 0. The zero-order chi connectivity index (χ0) is 12.1. The molecule has 0 aliphatic heterocycles. The first kappa shape index (κ1) is 12.1. The molecule has 0 saturated heterocycles. The van der Waals surface area contributed by atoms with Gasteiger partial charge in [0.2, 0.25) is 0 Å². The maximum atomic E-state index is 7.57. The molecule has 0 heterocycles. The summed E-state index contributed by atoms with van der Waals surface area (Å²) in [4.78, 5) is 3.61. The third-order valence-electron chi connectivity index (χ3n) is 2.37. The van der Waals surface area contributed by atoms with E-state index in [0.29, 0.717) is 0 Å². The Bertz CT molecular complexity index is 468. The van der Waals surface area contributed by atoms with Gasteiger partial charge in [0.05, 0.1) is 0 Å². The van der Waals surface area contributed by atoms with Gasteiger partial charge in [0.1, 0.15) is 0 Å². The molecule has 82 valence electrons. The Kier molecular flexibility index (Phi) is 3.95. The van der Waals surface area contributed by atoms with Crippen LogP contribution in [0.25, 0.3) is 5.57 Å². The molecule has 0 fully saturated rings. The number of rotatable bonds is 3. The lowest BCUT2D eigenvalue weighted by atomic mass is 9.99. The van der Waals surface area contributed by atoms with Gasteiger partial charge < -0.3 is 0 Å². The lowest BCUT2D eigenvalue weighted by Crippen LogP contribution is -1.96. The van der Waals surface area contributed by atoms with Gasteiger partial charge in [-0.3, -0.25) is 5.41 Å². The molecular formula is C14H16N2. The van der Waals surface area contributed by atoms with Gasteiger partial charge in [0.15, 0.2) is 5.84 Å². The molecule has 1 N–H and O–H groups in total. The summed E-state index contributed by atoms with van der Waals surface area (Å²) in [7, 11) is 0. The van der Waals surface area contributed by atoms with E-state index in [-0.39, 0.29) is 5.84 Å². The first-order valence-electron chi connectivity index (χ1n) is 5.08. The van der Waals surface area contributed by atoms with Gasteiger partial charge in [0.25, 0.3) is 0 Å². The second-order valence-electron chi connectivity index (χ2n) is 3.56. The minimum absolute atomic E-state index is 0.200. The molecule has 2 heteroatoms. The lowest BCUT2D eigenvalue weighted by molar-refractivity contribution is 1.37. The van der Waals surface area contributed by atoms with E-state index in [2.05, 4.69) is 18.3 Å². The fourth-order valence-corrected chi connectivity index (χ4v) is 1.55. The maximum Gasteiger partial charge on any atom is 0.151 e. The fourth-order valence-electron chi connectivity index (χ4n) is 1.55. The number of nitrogens with one attached hydrogen (secondary N) is 1. The van der Waals surface area contributed by atoms with E-state index in [1.54, 1.807) is 0 Å². The van der Waals surface area contributed by atoms with Gasteiger partial charge in [-0.1, -0.05) is 30.9 Å². The number of hydrogen-bond donors (Lipinski definition) is 1. The van der Waals surface area contributed by atoms with Crippen molar-refractivity contribution in [1.82, 2.24) is 0 Å². The second kappa shape index (κ2) is 5.21. The van der Waals surface area contributed by atoms with Crippen LogP contribution in [-0.4, -0.2) is 12.6 Å². The zero-order valence-corrected chi connectivity index (χ0v) is 9.75. The van der Waals surface area contributed by atoms with E-state index in [4.69, 9.17) is 5.41 Å². The Hall–Kier alpha value is -1.96. The highest BCUT2D eigenvalue weighted by atomic mass is 14.8. The van der Waals surface area contributed by atoms with Crippen molar-refractivity contribution in [3.63, 3.8) is 0 Å². The summed E-state index contributed by atoms with van der Waals surface area (Å²) in [5.41, 5.74) is 3.95. The van der Waals surface area contributed by atoms with Crippen LogP contribution in [0.15, 0.2) is 41.9 Å². The third kappa shape index (κ3) is 2.54. The van der Waals surface area contributed by atoms with Crippen LogP contribution in [0.2, 0.25) is 0 Å². The molecule has 2 nitrogen and oxygen atoms in total. The molecule has 0 saturated carbocycles. The smallest absolute Gasteiger partial charge is 0.151 e. The number of nitrogens with zero attached hydrogens (tertiary/aromatic N) is 1.